The molecule has 0 aromatic rings. The standard InChI is InChI=1S/C5H7BrF2N2/c1-10-2-3(6)4(9)5(7)8/h2,5H,9H2,1H3. The van der Waals surface area contributed by atoms with Crippen molar-refractivity contribution in [3.8, 4) is 0 Å². The number of nitrogens with zero attached hydrogens (tertiary/aromatic N) is 1. The first-order valence-electron chi connectivity index (χ1n) is 2.45. The predicted molar refractivity (Wildman–Crippen MR) is 40.6 cm³/mol. The van der Waals surface area contributed by atoms with Crippen molar-refractivity contribution in [1.29, 1.82) is 0 Å². The van der Waals surface area contributed by atoms with Crippen LogP contribution in [0.4, 0.5) is 8.78 Å². The van der Waals surface area contributed by atoms with Gasteiger partial charge in [-0.05, 0) is 15.9 Å². The van der Waals surface area contributed by atoms with E-state index in [1.54, 1.807) is 0 Å². The minimum absolute atomic E-state index is 0.130. The van der Waals surface area contributed by atoms with Crippen molar-refractivity contribution in [3.05, 3.63) is 10.2 Å². The van der Waals surface area contributed by atoms with E-state index in [4.69, 9.17) is 5.73 Å². The van der Waals surface area contributed by atoms with E-state index in [9.17, 15) is 8.78 Å². The van der Waals surface area contributed by atoms with Crippen LogP contribution in [0.3, 0.4) is 0 Å². The molecule has 0 aliphatic rings. The van der Waals surface area contributed by atoms with E-state index >= 15 is 0 Å². The molecule has 0 amide bonds. The maximum absolute atomic E-state index is 11.7. The summed E-state index contributed by atoms with van der Waals surface area (Å²) in [4.78, 5) is 3.50. The van der Waals surface area contributed by atoms with Gasteiger partial charge in [-0.2, -0.15) is 0 Å². The fourth-order valence-corrected chi connectivity index (χ4v) is 0.670. The molecule has 10 heavy (non-hydrogen) atoms. The zero-order chi connectivity index (χ0) is 8.15. The summed E-state index contributed by atoms with van der Waals surface area (Å²) in [7, 11) is 1.47. The highest BCUT2D eigenvalue weighted by Gasteiger charge is 2.08. The number of halogens is 3. The van der Waals surface area contributed by atoms with Crippen LogP contribution in [0.2, 0.25) is 0 Å². The molecule has 2 N–H and O–H groups in total. The molecular formula is C5H7BrF2N2. The molecule has 0 radical (unpaired) electrons. The van der Waals surface area contributed by atoms with Crippen LogP contribution >= 0.6 is 15.9 Å². The molecule has 0 unspecified atom stereocenters. The second-order valence-corrected chi connectivity index (χ2v) is 2.35. The van der Waals surface area contributed by atoms with Crippen LogP contribution in [0.1, 0.15) is 0 Å². The molecule has 0 aromatic carbocycles. The van der Waals surface area contributed by atoms with Gasteiger partial charge in [0.2, 0.25) is 0 Å². The van der Waals surface area contributed by atoms with Crippen LogP contribution in [0.15, 0.2) is 15.2 Å². The zero-order valence-corrected chi connectivity index (χ0v) is 6.90. The van der Waals surface area contributed by atoms with Gasteiger partial charge in [0.15, 0.2) is 0 Å². The van der Waals surface area contributed by atoms with Crippen molar-refractivity contribution >= 4 is 22.1 Å². The zero-order valence-electron chi connectivity index (χ0n) is 5.31. The number of nitrogens with two attached hydrogens (primary N) is 1. The SMILES string of the molecule is CN=CC(Br)=C(N)C(F)F. The first-order valence-corrected chi connectivity index (χ1v) is 3.24. The van der Waals surface area contributed by atoms with Crippen LogP contribution in [0, 0.1) is 0 Å². The van der Waals surface area contributed by atoms with E-state index in [2.05, 4.69) is 20.9 Å². The van der Waals surface area contributed by atoms with Gasteiger partial charge in [0.05, 0.1) is 10.2 Å². The van der Waals surface area contributed by atoms with Gasteiger partial charge in [0.1, 0.15) is 0 Å². The van der Waals surface area contributed by atoms with Gasteiger partial charge in [-0.1, -0.05) is 0 Å². The second-order valence-electron chi connectivity index (χ2n) is 1.49. The molecular weight excluding hydrogens is 206 g/mol. The quantitative estimate of drug-likeness (QED) is 0.693. The van der Waals surface area contributed by atoms with E-state index < -0.39 is 12.1 Å². The maximum Gasteiger partial charge on any atom is 0.278 e. The second kappa shape index (κ2) is 4.38. The maximum atomic E-state index is 11.7. The number of hydrogen-bond donors (Lipinski definition) is 1. The van der Waals surface area contributed by atoms with Gasteiger partial charge in [-0.25, -0.2) is 8.78 Å². The minimum atomic E-state index is -2.63. The molecule has 2 nitrogen and oxygen atoms in total. The first-order chi connectivity index (χ1) is 4.59. The molecule has 0 saturated carbocycles. The third-order valence-corrected chi connectivity index (χ3v) is 1.42. The molecule has 0 rings (SSSR count). The summed E-state index contributed by atoms with van der Waals surface area (Å²) >= 11 is 2.83. The van der Waals surface area contributed by atoms with E-state index in [0.717, 1.165) is 0 Å². The average molecular weight is 213 g/mol. The summed E-state index contributed by atoms with van der Waals surface area (Å²) in [6, 6.07) is 0. The van der Waals surface area contributed by atoms with Gasteiger partial charge in [-0.3, -0.25) is 4.99 Å². The lowest BCUT2D eigenvalue weighted by molar-refractivity contribution is 0.188. The molecule has 0 bridgehead atoms. The molecule has 0 fully saturated rings. The van der Waals surface area contributed by atoms with Crippen molar-refractivity contribution in [2.75, 3.05) is 7.05 Å². The Hall–Kier alpha value is -0.450. The number of alkyl halides is 2. The highest BCUT2D eigenvalue weighted by molar-refractivity contribution is 9.12. The molecule has 0 aromatic heterocycles. The Labute approximate surface area is 65.9 Å². The van der Waals surface area contributed by atoms with Crippen molar-refractivity contribution < 1.29 is 8.78 Å². The minimum Gasteiger partial charge on any atom is -0.396 e. The molecule has 0 atom stereocenters. The fraction of sp³-hybridized carbons (Fsp3) is 0.400. The third kappa shape index (κ3) is 2.91. The van der Waals surface area contributed by atoms with Crippen molar-refractivity contribution in [2.24, 2.45) is 10.7 Å². The van der Waals surface area contributed by atoms with Crippen molar-refractivity contribution in [2.45, 2.75) is 6.43 Å². The summed E-state index contributed by atoms with van der Waals surface area (Å²) in [6.45, 7) is 0. The highest BCUT2D eigenvalue weighted by atomic mass is 79.9. The summed E-state index contributed by atoms with van der Waals surface area (Å²) in [5.41, 5.74) is 4.44. The van der Waals surface area contributed by atoms with Gasteiger partial charge in [-0.15, -0.1) is 0 Å². The number of rotatable bonds is 2. The lowest BCUT2D eigenvalue weighted by atomic mass is 10.4. The highest BCUT2D eigenvalue weighted by Crippen LogP contribution is 2.11. The molecule has 58 valence electrons. The molecule has 0 saturated heterocycles. The van der Waals surface area contributed by atoms with Gasteiger partial charge < -0.3 is 5.73 Å². The molecule has 0 aliphatic heterocycles. The van der Waals surface area contributed by atoms with Gasteiger partial charge >= 0.3 is 0 Å². The Kier molecular flexibility index (Phi) is 4.18. The van der Waals surface area contributed by atoms with Crippen LogP contribution in [-0.4, -0.2) is 19.7 Å². The van der Waals surface area contributed by atoms with E-state index in [-0.39, 0.29) is 4.48 Å². The molecule has 0 heterocycles. The predicted octanol–water partition coefficient (Wildman–Crippen LogP) is 1.52. The number of allylic oxidation sites excluding steroid dienone is 2. The van der Waals surface area contributed by atoms with Gasteiger partial charge in [0.25, 0.3) is 6.43 Å². The van der Waals surface area contributed by atoms with Crippen LogP contribution < -0.4 is 5.73 Å². The lowest BCUT2D eigenvalue weighted by Gasteiger charge is -1.98. The van der Waals surface area contributed by atoms with E-state index in [1.165, 1.54) is 13.3 Å². The largest absolute Gasteiger partial charge is 0.396 e. The van der Waals surface area contributed by atoms with E-state index in [0.29, 0.717) is 0 Å². The Balaban J connectivity index is 4.34. The van der Waals surface area contributed by atoms with E-state index in [1.807, 2.05) is 0 Å². The first kappa shape index (κ1) is 9.55. The van der Waals surface area contributed by atoms with Gasteiger partial charge in [0, 0.05) is 13.3 Å². The molecule has 5 heteroatoms. The topological polar surface area (TPSA) is 38.4 Å². The normalized spacial score (nSPS) is 14.5. The Bertz CT molecular complexity index is 165. The summed E-state index contributed by atoms with van der Waals surface area (Å²) < 4.78 is 23.6. The summed E-state index contributed by atoms with van der Waals surface area (Å²) in [6.07, 6.45) is -1.41. The van der Waals surface area contributed by atoms with Crippen LogP contribution in [-0.2, 0) is 0 Å². The average Bonchev–Trinajstić information content (AvgIpc) is 1.87. The summed E-state index contributed by atoms with van der Waals surface area (Å²) in [5, 5.41) is 0. The fourth-order valence-electron chi connectivity index (χ4n) is 0.292. The van der Waals surface area contributed by atoms with Crippen molar-refractivity contribution in [1.82, 2.24) is 0 Å². The smallest absolute Gasteiger partial charge is 0.278 e. The van der Waals surface area contributed by atoms with Crippen LogP contribution in [0.25, 0.3) is 0 Å². The number of aliphatic imine (C=N–C) groups is 1. The Morgan fingerprint density at radius 2 is 2.20 bits per heavy atom. The number of hydrogen-bond acceptors (Lipinski definition) is 2. The Morgan fingerprint density at radius 1 is 1.70 bits per heavy atom. The third-order valence-electron chi connectivity index (χ3n) is 0.753. The monoisotopic (exact) mass is 212 g/mol. The molecule has 0 aliphatic carbocycles. The summed E-state index contributed by atoms with van der Waals surface area (Å²) in [5.74, 6) is 0. The molecule has 0 spiro atoms. The van der Waals surface area contributed by atoms with Crippen LogP contribution in [0.5, 0.6) is 0 Å². The Morgan fingerprint density at radius 3 is 2.50 bits per heavy atom. The lowest BCUT2D eigenvalue weighted by Crippen LogP contribution is -2.09. The van der Waals surface area contributed by atoms with Crippen molar-refractivity contribution in [3.63, 3.8) is 0 Å².